The van der Waals surface area contributed by atoms with Crippen LogP contribution in [0.3, 0.4) is 0 Å². The van der Waals surface area contributed by atoms with Gasteiger partial charge in [0.15, 0.2) is 0 Å². The molecule has 0 saturated carbocycles. The molecular weight excluding hydrogens is 356 g/mol. The molecule has 1 aromatic carbocycles. The highest BCUT2D eigenvalue weighted by Crippen LogP contribution is 2.25. The fourth-order valence-electron chi connectivity index (χ4n) is 3.13. The minimum absolute atomic E-state index is 0.102. The Labute approximate surface area is 156 Å². The van der Waals surface area contributed by atoms with Crippen molar-refractivity contribution in [2.45, 2.75) is 13.0 Å². The summed E-state index contributed by atoms with van der Waals surface area (Å²) in [6.07, 6.45) is 0. The van der Waals surface area contributed by atoms with Crippen LogP contribution in [-0.4, -0.2) is 65.2 Å². The van der Waals surface area contributed by atoms with E-state index in [1.54, 1.807) is 23.1 Å². The molecule has 2 aromatic rings. The number of ether oxygens (including phenoxy) is 1. The molecule has 2 heterocycles. The van der Waals surface area contributed by atoms with Gasteiger partial charge in [-0.1, -0.05) is 23.7 Å². The maximum atomic E-state index is 12.5. The summed E-state index contributed by atoms with van der Waals surface area (Å²) in [6, 6.07) is 8.39. The van der Waals surface area contributed by atoms with Gasteiger partial charge < -0.3 is 9.64 Å². The number of aromatic nitrogens is 2. The van der Waals surface area contributed by atoms with Gasteiger partial charge >= 0.3 is 5.97 Å². The zero-order chi connectivity index (χ0) is 18.7. The first-order valence-electron chi connectivity index (χ1n) is 8.38. The standard InChI is InChI=1S/C18H21ClN4O3/c1-12-11-15(21-20-12)17(24)23-9-7-22(8-10-23)16(18(25)26-2)13-3-5-14(19)6-4-13/h3-6,11,16H,7-10H2,1-2H3,(H,20,21)/t16-/m1/s1. The highest BCUT2D eigenvalue weighted by molar-refractivity contribution is 6.30. The molecular formula is C18H21ClN4O3. The molecule has 1 aliphatic rings. The Morgan fingerprint density at radius 1 is 1.19 bits per heavy atom. The van der Waals surface area contributed by atoms with E-state index >= 15 is 0 Å². The molecule has 0 aliphatic carbocycles. The minimum atomic E-state index is -0.512. The number of H-pyrrole nitrogens is 1. The molecule has 1 atom stereocenters. The molecule has 0 unspecified atom stereocenters. The van der Waals surface area contributed by atoms with Crippen LogP contribution in [0, 0.1) is 6.92 Å². The van der Waals surface area contributed by atoms with Crippen LogP contribution in [0.5, 0.6) is 0 Å². The second-order valence-corrected chi connectivity index (χ2v) is 6.68. The highest BCUT2D eigenvalue weighted by Gasteiger charge is 2.32. The normalized spacial score (nSPS) is 16.3. The third-order valence-corrected chi connectivity index (χ3v) is 4.75. The second kappa shape index (κ2) is 7.88. The predicted octanol–water partition coefficient (Wildman–Crippen LogP) is 2.04. The van der Waals surface area contributed by atoms with Crippen LogP contribution in [0.1, 0.15) is 27.8 Å². The Hall–Kier alpha value is -2.38. The first-order valence-corrected chi connectivity index (χ1v) is 8.76. The molecule has 3 rings (SSSR count). The van der Waals surface area contributed by atoms with E-state index in [-0.39, 0.29) is 11.9 Å². The highest BCUT2D eigenvalue weighted by atomic mass is 35.5. The van der Waals surface area contributed by atoms with Crippen LogP contribution < -0.4 is 0 Å². The number of aryl methyl sites for hydroxylation is 1. The van der Waals surface area contributed by atoms with Crippen molar-refractivity contribution in [3.8, 4) is 0 Å². The van der Waals surface area contributed by atoms with Gasteiger partial charge in [-0.25, -0.2) is 4.79 Å². The molecule has 0 radical (unpaired) electrons. The fraction of sp³-hybridized carbons (Fsp3) is 0.389. The van der Waals surface area contributed by atoms with Crippen LogP contribution in [-0.2, 0) is 9.53 Å². The lowest BCUT2D eigenvalue weighted by Gasteiger charge is -2.38. The zero-order valence-electron chi connectivity index (χ0n) is 14.7. The summed E-state index contributed by atoms with van der Waals surface area (Å²) in [6.45, 7) is 4.03. The first-order chi connectivity index (χ1) is 12.5. The van der Waals surface area contributed by atoms with Crippen molar-refractivity contribution in [1.82, 2.24) is 20.0 Å². The Morgan fingerprint density at radius 3 is 2.38 bits per heavy atom. The largest absolute Gasteiger partial charge is 0.468 e. The van der Waals surface area contributed by atoms with Gasteiger partial charge in [0.25, 0.3) is 5.91 Å². The van der Waals surface area contributed by atoms with Crippen molar-refractivity contribution in [3.63, 3.8) is 0 Å². The third kappa shape index (κ3) is 3.89. The van der Waals surface area contributed by atoms with Crippen molar-refractivity contribution in [1.29, 1.82) is 0 Å². The molecule has 1 fully saturated rings. The number of carbonyl (C=O) groups excluding carboxylic acids is 2. The van der Waals surface area contributed by atoms with Gasteiger partial charge in [0.2, 0.25) is 0 Å². The van der Waals surface area contributed by atoms with E-state index in [4.69, 9.17) is 16.3 Å². The van der Waals surface area contributed by atoms with Crippen molar-refractivity contribution in [2.75, 3.05) is 33.3 Å². The number of esters is 1. The van der Waals surface area contributed by atoms with Crippen molar-refractivity contribution in [3.05, 3.63) is 52.3 Å². The van der Waals surface area contributed by atoms with Gasteiger partial charge in [0, 0.05) is 36.9 Å². The maximum Gasteiger partial charge on any atom is 0.327 e. The number of benzene rings is 1. The summed E-state index contributed by atoms with van der Waals surface area (Å²) in [5.74, 6) is -0.426. The number of nitrogens with one attached hydrogen (secondary N) is 1. The predicted molar refractivity (Wildman–Crippen MR) is 97.0 cm³/mol. The van der Waals surface area contributed by atoms with Crippen LogP contribution in [0.15, 0.2) is 30.3 Å². The quantitative estimate of drug-likeness (QED) is 0.826. The molecule has 1 aliphatic heterocycles. The van der Waals surface area contributed by atoms with Crippen molar-refractivity contribution >= 4 is 23.5 Å². The number of nitrogens with zero attached hydrogens (tertiary/aromatic N) is 3. The van der Waals surface area contributed by atoms with E-state index in [2.05, 4.69) is 10.2 Å². The van der Waals surface area contributed by atoms with Crippen LogP contribution in [0.25, 0.3) is 0 Å². The molecule has 1 aromatic heterocycles. The average molecular weight is 377 g/mol. The lowest BCUT2D eigenvalue weighted by molar-refractivity contribution is -0.148. The zero-order valence-corrected chi connectivity index (χ0v) is 15.5. The number of hydrogen-bond acceptors (Lipinski definition) is 5. The number of piperazine rings is 1. The van der Waals surface area contributed by atoms with Gasteiger partial charge in [-0.05, 0) is 30.7 Å². The summed E-state index contributed by atoms with van der Waals surface area (Å²) >= 11 is 5.95. The maximum absolute atomic E-state index is 12.5. The lowest BCUT2D eigenvalue weighted by Crippen LogP contribution is -2.51. The molecule has 0 bridgehead atoms. The van der Waals surface area contributed by atoms with Crippen molar-refractivity contribution < 1.29 is 14.3 Å². The second-order valence-electron chi connectivity index (χ2n) is 6.24. The average Bonchev–Trinajstić information content (AvgIpc) is 3.09. The summed E-state index contributed by atoms with van der Waals surface area (Å²) < 4.78 is 4.99. The van der Waals surface area contributed by atoms with Gasteiger partial charge in [0.1, 0.15) is 11.7 Å². The summed E-state index contributed by atoms with van der Waals surface area (Å²) in [7, 11) is 1.38. The molecule has 7 nitrogen and oxygen atoms in total. The van der Waals surface area contributed by atoms with Crippen LogP contribution in [0.4, 0.5) is 0 Å². The number of carbonyl (C=O) groups is 2. The molecule has 26 heavy (non-hydrogen) atoms. The van der Waals surface area contributed by atoms with Gasteiger partial charge in [-0.2, -0.15) is 5.10 Å². The molecule has 1 saturated heterocycles. The SMILES string of the molecule is COC(=O)[C@@H](c1ccc(Cl)cc1)N1CCN(C(=O)c2cc(C)[nH]n2)CC1. The Balaban J connectivity index is 1.70. The molecule has 8 heteroatoms. The Morgan fingerprint density at radius 2 is 1.85 bits per heavy atom. The van der Waals surface area contributed by atoms with E-state index in [1.165, 1.54) is 7.11 Å². The minimum Gasteiger partial charge on any atom is -0.468 e. The number of halogens is 1. The molecule has 0 spiro atoms. The molecule has 138 valence electrons. The van der Waals surface area contributed by atoms with Gasteiger partial charge in [0.05, 0.1) is 7.11 Å². The Bertz CT molecular complexity index is 782. The van der Waals surface area contributed by atoms with Crippen LogP contribution >= 0.6 is 11.6 Å². The van der Waals surface area contributed by atoms with E-state index in [0.29, 0.717) is 36.9 Å². The lowest BCUT2D eigenvalue weighted by atomic mass is 10.0. The summed E-state index contributed by atoms with van der Waals surface area (Å²) in [5.41, 5.74) is 2.09. The van der Waals surface area contributed by atoms with Crippen molar-refractivity contribution in [2.24, 2.45) is 0 Å². The topological polar surface area (TPSA) is 78.5 Å². The first kappa shape index (κ1) is 18.4. The smallest absolute Gasteiger partial charge is 0.327 e. The van der Waals surface area contributed by atoms with Gasteiger partial charge in [-0.15, -0.1) is 0 Å². The van der Waals surface area contributed by atoms with E-state index < -0.39 is 6.04 Å². The van der Waals surface area contributed by atoms with Crippen LogP contribution in [0.2, 0.25) is 5.02 Å². The third-order valence-electron chi connectivity index (χ3n) is 4.50. The van der Waals surface area contributed by atoms with Gasteiger partial charge in [-0.3, -0.25) is 14.8 Å². The van der Waals surface area contributed by atoms with E-state index in [0.717, 1.165) is 11.3 Å². The van der Waals surface area contributed by atoms with E-state index in [9.17, 15) is 9.59 Å². The monoisotopic (exact) mass is 376 g/mol. The molecule has 1 N–H and O–H groups in total. The van der Waals surface area contributed by atoms with E-state index in [1.807, 2.05) is 24.0 Å². The Kier molecular flexibility index (Phi) is 5.58. The molecule has 1 amide bonds. The number of rotatable bonds is 4. The number of aromatic amines is 1. The number of methoxy groups -OCH3 is 1. The summed E-state index contributed by atoms with van der Waals surface area (Å²) in [5, 5.41) is 7.42. The summed E-state index contributed by atoms with van der Waals surface area (Å²) in [4.78, 5) is 28.6. The number of amides is 1. The fourth-order valence-corrected chi connectivity index (χ4v) is 3.25. The number of hydrogen-bond donors (Lipinski definition) is 1.